The summed E-state index contributed by atoms with van der Waals surface area (Å²) in [6.07, 6.45) is 3.11. The Morgan fingerprint density at radius 2 is 2.14 bits per heavy atom. The van der Waals surface area contributed by atoms with E-state index < -0.39 is 34.4 Å². The van der Waals surface area contributed by atoms with E-state index in [0.29, 0.717) is 44.2 Å². The van der Waals surface area contributed by atoms with E-state index in [-0.39, 0.29) is 24.0 Å². The number of carboxylic acids is 1. The summed E-state index contributed by atoms with van der Waals surface area (Å²) in [6.45, 7) is 0.0489. The molecule has 28 heavy (non-hydrogen) atoms. The average molecular weight is 419 g/mol. The normalized spacial score (nSPS) is 16.9. The zero-order valence-corrected chi connectivity index (χ0v) is 16.7. The summed E-state index contributed by atoms with van der Waals surface area (Å²) in [7, 11) is -3.57. The summed E-state index contributed by atoms with van der Waals surface area (Å²) in [6, 6.07) is 3.28. The summed E-state index contributed by atoms with van der Waals surface area (Å²) in [5.41, 5.74) is 0.472. The zero-order chi connectivity index (χ0) is 22.4. The molecular weight excluding hydrogens is 387 g/mol. The predicted molar refractivity (Wildman–Crippen MR) is 104 cm³/mol. The predicted octanol–water partition coefficient (Wildman–Crippen LogP) is 2.44. The van der Waals surface area contributed by atoms with Crippen molar-refractivity contribution in [3.05, 3.63) is 29.6 Å². The standard InChI is InChI=1S/C19H29FN2O5S/c1-14(16-7-8-17(20)18(11-16)27-13-15-5-6-15)22-28(25,26)10-4-2-3-9-21-12-19(23)24/h7-8,11,14-15,21-22H,2-6,9-10,12-13H2,1H3,(H,23,24)/i13D2. The van der Waals surface area contributed by atoms with Gasteiger partial charge in [-0.15, -0.1) is 0 Å². The van der Waals surface area contributed by atoms with Crippen molar-refractivity contribution in [2.75, 3.05) is 25.4 Å². The Balaban J connectivity index is 1.84. The van der Waals surface area contributed by atoms with Gasteiger partial charge >= 0.3 is 5.97 Å². The number of rotatable bonds is 14. The molecule has 0 bridgehead atoms. The summed E-state index contributed by atoms with van der Waals surface area (Å²) >= 11 is 0. The average Bonchev–Trinajstić information content (AvgIpc) is 3.47. The number of unbranched alkanes of at least 4 members (excludes halogenated alkanes) is 2. The fourth-order valence-electron chi connectivity index (χ4n) is 2.53. The van der Waals surface area contributed by atoms with Crippen molar-refractivity contribution in [3.8, 4) is 5.75 Å². The van der Waals surface area contributed by atoms with Crippen molar-refractivity contribution in [2.24, 2.45) is 5.92 Å². The van der Waals surface area contributed by atoms with Gasteiger partial charge in [-0.3, -0.25) is 4.79 Å². The minimum absolute atomic E-state index is 0.0783. The van der Waals surface area contributed by atoms with Gasteiger partial charge in [0.15, 0.2) is 11.6 Å². The Hall–Kier alpha value is -1.71. The van der Waals surface area contributed by atoms with Crippen molar-refractivity contribution in [2.45, 2.75) is 45.1 Å². The third kappa shape index (κ3) is 8.53. The number of hydrogen-bond acceptors (Lipinski definition) is 5. The van der Waals surface area contributed by atoms with Gasteiger partial charge in [-0.25, -0.2) is 17.5 Å². The van der Waals surface area contributed by atoms with Crippen LogP contribution in [0.4, 0.5) is 4.39 Å². The number of sulfonamides is 1. The first-order chi connectivity index (χ1) is 14.0. The van der Waals surface area contributed by atoms with Gasteiger partial charge in [0, 0.05) is 6.04 Å². The number of ether oxygens (including phenoxy) is 1. The lowest BCUT2D eigenvalue weighted by Crippen LogP contribution is -2.29. The Morgan fingerprint density at radius 1 is 1.39 bits per heavy atom. The maximum Gasteiger partial charge on any atom is 0.317 e. The molecule has 0 radical (unpaired) electrons. The summed E-state index contributed by atoms with van der Waals surface area (Å²) in [4.78, 5) is 10.4. The molecule has 3 N–H and O–H groups in total. The minimum Gasteiger partial charge on any atom is -0.490 e. The van der Waals surface area contributed by atoms with Gasteiger partial charge in [-0.05, 0) is 62.8 Å². The molecule has 1 fully saturated rings. The quantitative estimate of drug-likeness (QED) is 0.401. The van der Waals surface area contributed by atoms with E-state index in [4.69, 9.17) is 12.6 Å². The van der Waals surface area contributed by atoms with Crippen LogP contribution in [0.15, 0.2) is 18.2 Å². The molecule has 1 unspecified atom stereocenters. The van der Waals surface area contributed by atoms with Gasteiger partial charge in [-0.2, -0.15) is 0 Å². The molecule has 1 aromatic rings. The molecule has 2 rings (SSSR count). The van der Waals surface area contributed by atoms with Gasteiger partial charge in [0.2, 0.25) is 10.0 Å². The summed E-state index contributed by atoms with van der Waals surface area (Å²) in [5, 5.41) is 11.3. The monoisotopic (exact) mass is 418 g/mol. The highest BCUT2D eigenvalue weighted by Gasteiger charge is 2.23. The molecule has 0 amide bonds. The maximum atomic E-state index is 14.1. The van der Waals surface area contributed by atoms with E-state index in [1.165, 1.54) is 12.1 Å². The molecule has 0 spiro atoms. The van der Waals surface area contributed by atoms with Crippen molar-refractivity contribution in [3.63, 3.8) is 0 Å². The molecule has 1 aliphatic carbocycles. The number of hydrogen-bond donors (Lipinski definition) is 3. The lowest BCUT2D eigenvalue weighted by molar-refractivity contribution is -0.135. The Bertz CT molecular complexity index is 834. The maximum absolute atomic E-state index is 14.1. The Labute approximate surface area is 168 Å². The van der Waals surface area contributed by atoms with Gasteiger partial charge in [0.1, 0.15) is 0 Å². The number of aliphatic carboxylic acids is 1. The Morgan fingerprint density at radius 3 is 2.82 bits per heavy atom. The number of nitrogens with one attached hydrogen (secondary N) is 2. The first-order valence-electron chi connectivity index (χ1n) is 10.4. The van der Waals surface area contributed by atoms with Gasteiger partial charge < -0.3 is 15.2 Å². The van der Waals surface area contributed by atoms with E-state index in [1.54, 1.807) is 6.92 Å². The molecule has 158 valence electrons. The van der Waals surface area contributed by atoms with Crippen LogP contribution < -0.4 is 14.8 Å². The summed E-state index contributed by atoms with van der Waals surface area (Å²) in [5.74, 6) is -2.20. The minimum atomic E-state index is -3.57. The molecule has 0 heterocycles. The molecule has 1 saturated carbocycles. The van der Waals surface area contributed by atoms with Crippen molar-refractivity contribution in [1.29, 1.82) is 0 Å². The Kier molecular flexibility index (Phi) is 7.51. The molecule has 1 aromatic carbocycles. The first kappa shape index (κ1) is 19.6. The molecule has 1 atom stereocenters. The highest BCUT2D eigenvalue weighted by atomic mass is 32.2. The zero-order valence-electron chi connectivity index (χ0n) is 17.9. The van der Waals surface area contributed by atoms with Crippen LogP contribution >= 0.6 is 0 Å². The molecule has 0 aromatic heterocycles. The van der Waals surface area contributed by atoms with Crippen molar-refractivity contribution < 1.29 is 30.2 Å². The fraction of sp³-hybridized carbons (Fsp3) is 0.632. The van der Waals surface area contributed by atoms with E-state index in [9.17, 15) is 17.6 Å². The molecule has 7 nitrogen and oxygen atoms in total. The third-order valence-electron chi connectivity index (χ3n) is 4.27. The van der Waals surface area contributed by atoms with E-state index in [2.05, 4.69) is 10.0 Å². The van der Waals surface area contributed by atoms with Crippen LogP contribution in [0.5, 0.6) is 5.75 Å². The van der Waals surface area contributed by atoms with Gasteiger partial charge in [-0.1, -0.05) is 12.5 Å². The van der Waals surface area contributed by atoms with Gasteiger partial charge in [0.05, 0.1) is 21.6 Å². The number of carbonyl (C=O) groups is 1. The largest absolute Gasteiger partial charge is 0.490 e. The van der Waals surface area contributed by atoms with Crippen LogP contribution in [0.3, 0.4) is 0 Å². The van der Waals surface area contributed by atoms with Crippen LogP contribution in [0.25, 0.3) is 0 Å². The second kappa shape index (κ2) is 10.7. The molecule has 9 heteroatoms. The lowest BCUT2D eigenvalue weighted by atomic mass is 10.1. The highest BCUT2D eigenvalue weighted by molar-refractivity contribution is 7.89. The molecular formula is C19H29FN2O5S. The van der Waals surface area contributed by atoms with Crippen LogP contribution in [0, 0.1) is 11.7 Å². The van der Waals surface area contributed by atoms with Crippen LogP contribution in [-0.4, -0.2) is 44.9 Å². The smallest absolute Gasteiger partial charge is 0.317 e. The summed E-state index contributed by atoms with van der Waals surface area (Å²) < 4.78 is 62.2. The molecule has 1 aliphatic rings. The van der Waals surface area contributed by atoms with E-state index in [0.717, 1.165) is 6.07 Å². The molecule has 0 saturated heterocycles. The van der Waals surface area contributed by atoms with Crippen molar-refractivity contribution >= 4 is 16.0 Å². The SMILES string of the molecule is [2H]C([2H])(Oc1cc(C(C)NS(=O)(=O)CCCCCNCC(=O)O)ccc1F)C1CC1. The van der Waals surface area contributed by atoms with E-state index >= 15 is 0 Å². The number of halogens is 1. The second-order valence-electron chi connectivity index (χ2n) is 6.97. The molecule has 0 aliphatic heterocycles. The van der Waals surface area contributed by atoms with Crippen molar-refractivity contribution in [1.82, 2.24) is 10.0 Å². The van der Waals surface area contributed by atoms with Gasteiger partial charge in [0.25, 0.3) is 0 Å². The fourth-order valence-corrected chi connectivity index (χ4v) is 3.90. The second-order valence-corrected chi connectivity index (χ2v) is 8.85. The van der Waals surface area contributed by atoms with Crippen LogP contribution in [0.2, 0.25) is 0 Å². The number of carboxylic acid groups (broad SMARTS) is 1. The first-order valence-corrected chi connectivity index (χ1v) is 11.1. The lowest BCUT2D eigenvalue weighted by Gasteiger charge is -2.16. The van der Waals surface area contributed by atoms with Crippen LogP contribution in [-0.2, 0) is 14.8 Å². The topological polar surface area (TPSA) is 105 Å². The van der Waals surface area contributed by atoms with Crippen LogP contribution in [0.1, 0.15) is 53.4 Å². The van der Waals surface area contributed by atoms with E-state index in [1.807, 2.05) is 0 Å². The third-order valence-corrected chi connectivity index (χ3v) is 5.81. The highest BCUT2D eigenvalue weighted by Crippen LogP contribution is 2.31. The number of benzene rings is 1.